The van der Waals surface area contributed by atoms with Crippen LogP contribution in [0.3, 0.4) is 0 Å². The summed E-state index contributed by atoms with van der Waals surface area (Å²) in [5.41, 5.74) is -0.255. The van der Waals surface area contributed by atoms with Gasteiger partial charge in [0.05, 0.1) is 17.6 Å². The number of sulfonamides is 1. The van der Waals surface area contributed by atoms with E-state index in [4.69, 9.17) is 16.7 Å². The molecule has 9 heteroatoms. The molecule has 0 amide bonds. The number of carbonyl (C=O) groups is 2. The van der Waals surface area contributed by atoms with E-state index in [0.717, 1.165) is 26.3 Å². The second kappa shape index (κ2) is 6.42. The number of esters is 1. The summed E-state index contributed by atoms with van der Waals surface area (Å²) in [4.78, 5) is 22.2. The van der Waals surface area contributed by atoms with E-state index >= 15 is 0 Å². The molecule has 0 radical (unpaired) electrons. The number of nitrogens with zero attached hydrogens (tertiary/aromatic N) is 1. The third kappa shape index (κ3) is 3.52. The molecule has 0 fully saturated rings. The van der Waals surface area contributed by atoms with Gasteiger partial charge >= 0.3 is 11.9 Å². The molecule has 7 nitrogen and oxygen atoms in total. The molecule has 0 bridgehead atoms. The van der Waals surface area contributed by atoms with Crippen molar-refractivity contribution in [3.05, 3.63) is 28.8 Å². The number of likely N-dealkylation sites (N-methyl/N-ethyl adjacent to an activating group) is 1. The predicted molar refractivity (Wildman–Crippen MR) is 74.8 cm³/mol. The molecule has 1 N–H and O–H groups in total. The Morgan fingerprint density at radius 3 is 2.43 bits per heavy atom. The fourth-order valence-corrected chi connectivity index (χ4v) is 3.16. The number of hydrogen-bond acceptors (Lipinski definition) is 5. The van der Waals surface area contributed by atoms with Crippen LogP contribution in [0.1, 0.15) is 17.3 Å². The van der Waals surface area contributed by atoms with E-state index in [1.165, 1.54) is 13.0 Å². The third-order valence-corrected chi connectivity index (χ3v) is 5.13. The van der Waals surface area contributed by atoms with Crippen molar-refractivity contribution in [3.8, 4) is 0 Å². The lowest BCUT2D eigenvalue weighted by Gasteiger charge is -2.22. The number of carboxylic acids is 1. The molecule has 0 spiro atoms. The van der Waals surface area contributed by atoms with Gasteiger partial charge in [0.2, 0.25) is 10.0 Å². The standard InChI is InChI=1S/C12H14ClNO6S/c1-7(11(15)16)14(2)21(18,19)10-5-4-8(13)6-9(10)12(17)20-3/h4-7H,1-3H3,(H,15,16). The van der Waals surface area contributed by atoms with E-state index in [1.54, 1.807) is 0 Å². The molecule has 116 valence electrons. The smallest absolute Gasteiger partial charge is 0.339 e. The fraction of sp³-hybridized carbons (Fsp3) is 0.333. The molecule has 0 aromatic heterocycles. The average Bonchev–Trinajstić information content (AvgIpc) is 2.44. The monoisotopic (exact) mass is 335 g/mol. The van der Waals surface area contributed by atoms with Crippen LogP contribution in [-0.4, -0.2) is 50.0 Å². The van der Waals surface area contributed by atoms with E-state index in [-0.39, 0.29) is 15.5 Å². The molecule has 0 heterocycles. The zero-order valence-electron chi connectivity index (χ0n) is 11.5. The Morgan fingerprint density at radius 2 is 1.95 bits per heavy atom. The molecule has 1 aromatic carbocycles. The van der Waals surface area contributed by atoms with E-state index in [9.17, 15) is 18.0 Å². The number of aliphatic carboxylic acids is 1. The number of benzene rings is 1. The summed E-state index contributed by atoms with van der Waals surface area (Å²) in [7, 11) is -1.98. The molecule has 0 aliphatic heterocycles. The lowest BCUT2D eigenvalue weighted by atomic mass is 10.2. The minimum absolute atomic E-state index is 0.156. The first-order valence-electron chi connectivity index (χ1n) is 5.71. The number of methoxy groups -OCH3 is 1. The van der Waals surface area contributed by atoms with Crippen LogP contribution in [-0.2, 0) is 19.6 Å². The van der Waals surface area contributed by atoms with Crippen LogP contribution in [0.4, 0.5) is 0 Å². The summed E-state index contributed by atoms with van der Waals surface area (Å²) in [6, 6.07) is 2.28. The number of rotatable bonds is 5. The first kappa shape index (κ1) is 17.4. The Morgan fingerprint density at radius 1 is 1.38 bits per heavy atom. The SMILES string of the molecule is COC(=O)c1cc(Cl)ccc1S(=O)(=O)N(C)C(C)C(=O)O. The van der Waals surface area contributed by atoms with Crippen LogP contribution in [0.2, 0.25) is 5.02 Å². The van der Waals surface area contributed by atoms with Crippen LogP contribution < -0.4 is 0 Å². The van der Waals surface area contributed by atoms with Gasteiger partial charge in [0, 0.05) is 12.1 Å². The van der Waals surface area contributed by atoms with Crippen molar-refractivity contribution in [2.75, 3.05) is 14.2 Å². The first-order chi connectivity index (χ1) is 9.62. The molecule has 0 aliphatic carbocycles. The molecule has 1 rings (SSSR count). The van der Waals surface area contributed by atoms with Gasteiger partial charge in [-0.1, -0.05) is 11.6 Å². The third-order valence-electron chi connectivity index (χ3n) is 2.91. The van der Waals surface area contributed by atoms with Gasteiger partial charge in [-0.05, 0) is 25.1 Å². The van der Waals surface area contributed by atoms with Crippen LogP contribution in [0, 0.1) is 0 Å². The van der Waals surface area contributed by atoms with Gasteiger partial charge in [-0.15, -0.1) is 0 Å². The van der Waals surface area contributed by atoms with Crippen LogP contribution in [0.25, 0.3) is 0 Å². The van der Waals surface area contributed by atoms with E-state index < -0.39 is 28.0 Å². The maximum atomic E-state index is 12.4. The van der Waals surface area contributed by atoms with Crippen molar-refractivity contribution in [2.24, 2.45) is 0 Å². The number of carboxylic acid groups (broad SMARTS) is 1. The normalized spacial score (nSPS) is 13.0. The van der Waals surface area contributed by atoms with Gasteiger partial charge in [0.25, 0.3) is 0 Å². The molecule has 1 atom stereocenters. The topological polar surface area (TPSA) is 101 Å². The lowest BCUT2D eigenvalue weighted by Crippen LogP contribution is -2.40. The lowest BCUT2D eigenvalue weighted by molar-refractivity contribution is -0.140. The molecule has 0 saturated heterocycles. The predicted octanol–water partition coefficient (Wildman–Crippen LogP) is 1.22. The van der Waals surface area contributed by atoms with Gasteiger partial charge in [0.15, 0.2) is 0 Å². The number of ether oxygens (including phenoxy) is 1. The second-order valence-corrected chi connectivity index (χ2v) is 6.57. The van der Waals surface area contributed by atoms with Crippen molar-refractivity contribution in [3.63, 3.8) is 0 Å². The Labute approximate surface area is 127 Å². The van der Waals surface area contributed by atoms with E-state index in [0.29, 0.717) is 4.31 Å². The molecular formula is C12H14ClNO6S. The largest absolute Gasteiger partial charge is 0.480 e. The van der Waals surface area contributed by atoms with Crippen molar-refractivity contribution in [1.82, 2.24) is 4.31 Å². The number of carbonyl (C=O) groups excluding carboxylic acids is 1. The summed E-state index contributed by atoms with van der Waals surface area (Å²) >= 11 is 5.75. The Bertz CT molecular complexity index is 672. The molecule has 1 aromatic rings. The zero-order chi connectivity index (χ0) is 16.4. The van der Waals surface area contributed by atoms with Gasteiger partial charge in [-0.25, -0.2) is 13.2 Å². The maximum Gasteiger partial charge on any atom is 0.339 e. The highest BCUT2D eigenvalue weighted by molar-refractivity contribution is 7.89. The molecule has 21 heavy (non-hydrogen) atoms. The Balaban J connectivity index is 3.45. The van der Waals surface area contributed by atoms with Crippen molar-refractivity contribution >= 4 is 33.6 Å². The van der Waals surface area contributed by atoms with Crippen molar-refractivity contribution < 1.29 is 27.9 Å². The fourth-order valence-electron chi connectivity index (χ4n) is 1.52. The summed E-state index contributed by atoms with van der Waals surface area (Å²) in [5, 5.41) is 9.07. The highest BCUT2D eigenvalue weighted by atomic mass is 35.5. The number of hydrogen-bond donors (Lipinski definition) is 1. The van der Waals surface area contributed by atoms with Crippen molar-refractivity contribution in [1.29, 1.82) is 0 Å². The van der Waals surface area contributed by atoms with E-state index in [1.807, 2.05) is 0 Å². The minimum atomic E-state index is -4.19. The van der Waals surface area contributed by atoms with Crippen LogP contribution in [0.5, 0.6) is 0 Å². The zero-order valence-corrected chi connectivity index (χ0v) is 13.1. The summed E-state index contributed by atoms with van der Waals surface area (Å²) in [6.45, 7) is 1.22. The minimum Gasteiger partial charge on any atom is -0.480 e. The van der Waals surface area contributed by atoms with Crippen LogP contribution >= 0.6 is 11.6 Å². The Kier molecular flexibility index (Phi) is 5.32. The summed E-state index contributed by atoms with van der Waals surface area (Å²) < 4.78 is 30.1. The average molecular weight is 336 g/mol. The molecule has 0 saturated carbocycles. The molecular weight excluding hydrogens is 322 g/mol. The second-order valence-electron chi connectivity index (χ2n) is 4.17. The highest BCUT2D eigenvalue weighted by Gasteiger charge is 2.32. The van der Waals surface area contributed by atoms with Crippen molar-refractivity contribution in [2.45, 2.75) is 17.9 Å². The van der Waals surface area contributed by atoms with Gasteiger partial charge in [0.1, 0.15) is 6.04 Å². The van der Waals surface area contributed by atoms with Gasteiger partial charge in [-0.3, -0.25) is 4.79 Å². The van der Waals surface area contributed by atoms with Gasteiger partial charge < -0.3 is 9.84 Å². The highest BCUT2D eigenvalue weighted by Crippen LogP contribution is 2.25. The summed E-state index contributed by atoms with van der Waals surface area (Å²) in [6.07, 6.45) is 0. The maximum absolute atomic E-state index is 12.4. The summed E-state index contributed by atoms with van der Waals surface area (Å²) in [5.74, 6) is -2.19. The van der Waals surface area contributed by atoms with Gasteiger partial charge in [-0.2, -0.15) is 4.31 Å². The Hall–Kier alpha value is -1.64. The van der Waals surface area contributed by atoms with Crippen LogP contribution in [0.15, 0.2) is 23.1 Å². The molecule has 0 aliphatic rings. The van der Waals surface area contributed by atoms with E-state index in [2.05, 4.69) is 4.74 Å². The quantitative estimate of drug-likeness (QED) is 0.812. The first-order valence-corrected chi connectivity index (χ1v) is 7.53. The number of halogens is 1. The molecule has 1 unspecified atom stereocenters.